The third kappa shape index (κ3) is 3.98. The molecule has 1 aromatic heterocycles. The zero-order chi connectivity index (χ0) is 18.7. The summed E-state index contributed by atoms with van der Waals surface area (Å²) in [4.78, 5) is 16.8. The molecular formula is C20H19FN2O2S. The summed E-state index contributed by atoms with van der Waals surface area (Å²) in [5, 5.41) is 14.5. The van der Waals surface area contributed by atoms with Gasteiger partial charge in [-0.15, -0.1) is 11.3 Å². The average molecular weight is 370 g/mol. The van der Waals surface area contributed by atoms with Gasteiger partial charge in [-0.25, -0.2) is 9.37 Å². The van der Waals surface area contributed by atoms with Gasteiger partial charge >= 0.3 is 0 Å². The Balaban J connectivity index is 2.10. The van der Waals surface area contributed by atoms with Gasteiger partial charge in [0.2, 0.25) is 0 Å². The van der Waals surface area contributed by atoms with Gasteiger partial charge in [0.05, 0.1) is 6.61 Å². The Labute approximate surface area is 155 Å². The second kappa shape index (κ2) is 7.76. The van der Waals surface area contributed by atoms with E-state index in [4.69, 9.17) is 5.11 Å². The maximum Gasteiger partial charge on any atom is 0.251 e. The average Bonchev–Trinajstić information content (AvgIpc) is 3.16. The molecule has 0 fully saturated rings. The van der Waals surface area contributed by atoms with Crippen LogP contribution in [0, 0.1) is 12.7 Å². The zero-order valence-corrected chi connectivity index (χ0v) is 15.3. The number of aromatic nitrogens is 1. The number of aliphatic hydroxyl groups excluding tert-OH is 1. The van der Waals surface area contributed by atoms with Gasteiger partial charge in [0.15, 0.2) is 0 Å². The highest BCUT2D eigenvalue weighted by Crippen LogP contribution is 2.31. The summed E-state index contributed by atoms with van der Waals surface area (Å²) >= 11 is 1.45. The maximum absolute atomic E-state index is 14.5. The standard InChI is InChI=1S/C20H19FN2O2S/c1-12-3-4-17(18(21)7-12)14-8-15(19(25)23-13(2)11-24)10-16(9-14)20-22-5-6-26-20/h3-10,13,24H,11H2,1-2H3,(H,23,25)/t13-/m1/s1. The normalized spacial score (nSPS) is 12.0. The number of aliphatic hydroxyl groups is 1. The maximum atomic E-state index is 14.5. The number of carbonyl (C=O) groups is 1. The molecule has 0 saturated carbocycles. The lowest BCUT2D eigenvalue weighted by Gasteiger charge is -2.13. The quantitative estimate of drug-likeness (QED) is 0.713. The summed E-state index contributed by atoms with van der Waals surface area (Å²) < 4.78 is 14.5. The number of benzene rings is 2. The predicted octanol–water partition coefficient (Wildman–Crippen LogP) is 4.04. The molecule has 6 heteroatoms. The van der Waals surface area contributed by atoms with Crippen molar-refractivity contribution in [1.29, 1.82) is 0 Å². The van der Waals surface area contributed by atoms with Gasteiger partial charge in [0.25, 0.3) is 5.91 Å². The van der Waals surface area contributed by atoms with Gasteiger partial charge < -0.3 is 10.4 Å². The van der Waals surface area contributed by atoms with Crippen molar-refractivity contribution >= 4 is 17.2 Å². The van der Waals surface area contributed by atoms with Crippen LogP contribution in [0.3, 0.4) is 0 Å². The largest absolute Gasteiger partial charge is 0.394 e. The van der Waals surface area contributed by atoms with Crippen LogP contribution >= 0.6 is 11.3 Å². The van der Waals surface area contributed by atoms with Gasteiger partial charge in [0.1, 0.15) is 10.8 Å². The van der Waals surface area contributed by atoms with Crippen LogP contribution in [0.15, 0.2) is 48.0 Å². The highest BCUT2D eigenvalue weighted by Gasteiger charge is 2.15. The van der Waals surface area contributed by atoms with E-state index in [0.29, 0.717) is 16.7 Å². The first kappa shape index (κ1) is 18.2. The Morgan fingerprint density at radius 3 is 2.69 bits per heavy atom. The number of aryl methyl sites for hydroxylation is 1. The first-order chi connectivity index (χ1) is 12.5. The van der Waals surface area contributed by atoms with E-state index in [9.17, 15) is 9.18 Å². The van der Waals surface area contributed by atoms with E-state index in [1.165, 1.54) is 17.4 Å². The van der Waals surface area contributed by atoms with Gasteiger partial charge in [0, 0.05) is 34.3 Å². The molecule has 0 aliphatic carbocycles. The van der Waals surface area contributed by atoms with E-state index >= 15 is 0 Å². The minimum absolute atomic E-state index is 0.155. The molecule has 0 spiro atoms. The van der Waals surface area contributed by atoms with Crippen molar-refractivity contribution in [3.05, 3.63) is 64.9 Å². The Morgan fingerprint density at radius 2 is 2.04 bits per heavy atom. The molecule has 26 heavy (non-hydrogen) atoms. The van der Waals surface area contributed by atoms with Crippen molar-refractivity contribution in [3.63, 3.8) is 0 Å². The second-order valence-electron chi connectivity index (χ2n) is 6.18. The molecule has 0 bridgehead atoms. The summed E-state index contributed by atoms with van der Waals surface area (Å²) in [6.45, 7) is 3.38. The molecule has 1 amide bonds. The summed E-state index contributed by atoms with van der Waals surface area (Å²) in [6.07, 6.45) is 1.69. The van der Waals surface area contributed by atoms with Crippen LogP contribution in [0.1, 0.15) is 22.8 Å². The van der Waals surface area contributed by atoms with E-state index in [-0.39, 0.29) is 24.4 Å². The third-order valence-corrected chi connectivity index (χ3v) is 4.78. The van der Waals surface area contributed by atoms with Crippen LogP contribution < -0.4 is 5.32 Å². The van der Waals surface area contributed by atoms with Crippen molar-refractivity contribution in [2.24, 2.45) is 0 Å². The van der Waals surface area contributed by atoms with Crippen molar-refractivity contribution < 1.29 is 14.3 Å². The van der Waals surface area contributed by atoms with E-state index in [0.717, 1.165) is 16.1 Å². The molecular weight excluding hydrogens is 351 g/mol. The third-order valence-electron chi connectivity index (χ3n) is 3.96. The number of hydrogen-bond donors (Lipinski definition) is 2. The number of amides is 1. The first-order valence-electron chi connectivity index (χ1n) is 8.21. The second-order valence-corrected chi connectivity index (χ2v) is 7.07. The monoisotopic (exact) mass is 370 g/mol. The molecule has 2 N–H and O–H groups in total. The van der Waals surface area contributed by atoms with Crippen LogP contribution in [-0.2, 0) is 0 Å². The van der Waals surface area contributed by atoms with Gasteiger partial charge in [-0.2, -0.15) is 0 Å². The number of halogens is 1. The molecule has 1 heterocycles. The summed E-state index contributed by atoms with van der Waals surface area (Å²) in [6, 6.07) is 9.87. The summed E-state index contributed by atoms with van der Waals surface area (Å²) in [5.74, 6) is -0.657. The minimum atomic E-state index is -0.370. The van der Waals surface area contributed by atoms with Gasteiger partial charge in [-0.3, -0.25) is 4.79 Å². The molecule has 0 unspecified atom stereocenters. The fourth-order valence-electron chi connectivity index (χ4n) is 2.61. The topological polar surface area (TPSA) is 62.2 Å². The molecule has 0 aliphatic heterocycles. The number of hydrogen-bond acceptors (Lipinski definition) is 4. The number of nitrogens with zero attached hydrogens (tertiary/aromatic N) is 1. The Kier molecular flexibility index (Phi) is 5.44. The Bertz CT molecular complexity index is 926. The van der Waals surface area contributed by atoms with Crippen molar-refractivity contribution in [2.45, 2.75) is 19.9 Å². The number of nitrogens with one attached hydrogen (secondary N) is 1. The highest BCUT2D eigenvalue weighted by atomic mass is 32.1. The van der Waals surface area contributed by atoms with E-state index < -0.39 is 0 Å². The molecule has 3 aromatic rings. The van der Waals surface area contributed by atoms with Crippen LogP contribution in [0.25, 0.3) is 21.7 Å². The lowest BCUT2D eigenvalue weighted by molar-refractivity contribution is 0.0922. The van der Waals surface area contributed by atoms with E-state index in [1.54, 1.807) is 31.3 Å². The lowest BCUT2D eigenvalue weighted by atomic mass is 9.98. The van der Waals surface area contributed by atoms with Crippen molar-refractivity contribution in [1.82, 2.24) is 10.3 Å². The summed E-state index contributed by atoms with van der Waals surface area (Å²) in [7, 11) is 0. The number of rotatable bonds is 5. The highest BCUT2D eigenvalue weighted by molar-refractivity contribution is 7.13. The van der Waals surface area contributed by atoms with Gasteiger partial charge in [-0.05, 0) is 49.2 Å². The fourth-order valence-corrected chi connectivity index (χ4v) is 3.24. The van der Waals surface area contributed by atoms with Crippen LogP contribution in [0.4, 0.5) is 4.39 Å². The summed E-state index contributed by atoms with van der Waals surface area (Å²) in [5.41, 5.74) is 3.01. The molecule has 0 aliphatic rings. The SMILES string of the molecule is Cc1ccc(-c2cc(C(=O)N[C@H](C)CO)cc(-c3nccs3)c2)c(F)c1. The first-order valence-corrected chi connectivity index (χ1v) is 9.09. The number of carbonyl (C=O) groups excluding carboxylic acids is 1. The molecule has 3 rings (SSSR count). The van der Waals surface area contributed by atoms with Crippen LogP contribution in [0.5, 0.6) is 0 Å². The molecule has 4 nitrogen and oxygen atoms in total. The Hall–Kier alpha value is -2.57. The molecule has 2 aromatic carbocycles. The smallest absolute Gasteiger partial charge is 0.251 e. The molecule has 0 saturated heterocycles. The van der Waals surface area contributed by atoms with E-state index in [2.05, 4.69) is 10.3 Å². The molecule has 0 radical (unpaired) electrons. The lowest BCUT2D eigenvalue weighted by Crippen LogP contribution is -2.35. The predicted molar refractivity (Wildman–Crippen MR) is 102 cm³/mol. The fraction of sp³-hybridized carbons (Fsp3) is 0.200. The Morgan fingerprint density at radius 1 is 1.27 bits per heavy atom. The van der Waals surface area contributed by atoms with Gasteiger partial charge in [-0.1, -0.05) is 12.1 Å². The molecule has 1 atom stereocenters. The molecule has 134 valence electrons. The zero-order valence-electron chi connectivity index (χ0n) is 14.5. The van der Waals surface area contributed by atoms with Crippen molar-refractivity contribution in [3.8, 4) is 21.7 Å². The van der Waals surface area contributed by atoms with Crippen LogP contribution in [0.2, 0.25) is 0 Å². The minimum Gasteiger partial charge on any atom is -0.394 e. The van der Waals surface area contributed by atoms with E-state index in [1.807, 2.05) is 24.4 Å². The van der Waals surface area contributed by atoms with Crippen LogP contribution in [-0.4, -0.2) is 28.6 Å². The number of thiazole rings is 1. The van der Waals surface area contributed by atoms with Crippen molar-refractivity contribution in [2.75, 3.05) is 6.61 Å².